The lowest BCUT2D eigenvalue weighted by Gasteiger charge is -2.55. The van der Waals surface area contributed by atoms with Crippen molar-refractivity contribution in [3.8, 4) is 0 Å². The molecule has 5 nitrogen and oxygen atoms in total. The van der Waals surface area contributed by atoms with E-state index in [1.54, 1.807) is 12.7 Å². The molecule has 2 unspecified atom stereocenters. The lowest BCUT2D eigenvalue weighted by molar-refractivity contribution is -0.105. The van der Waals surface area contributed by atoms with Gasteiger partial charge in [-0.25, -0.2) is 20.0 Å². The average molecular weight is 291 g/mol. The molecule has 1 N–H and O–H groups in total. The van der Waals surface area contributed by atoms with E-state index in [1.807, 2.05) is 0 Å². The molecule has 0 aliphatic carbocycles. The van der Waals surface area contributed by atoms with Gasteiger partial charge < -0.3 is 0 Å². The highest BCUT2D eigenvalue weighted by Crippen LogP contribution is 2.44. The summed E-state index contributed by atoms with van der Waals surface area (Å²) in [5.74, 6) is 1.51. The van der Waals surface area contributed by atoms with E-state index in [1.165, 1.54) is 19.3 Å². The van der Waals surface area contributed by atoms with E-state index < -0.39 is 0 Å². The zero-order valence-electron chi connectivity index (χ0n) is 14.1. The minimum Gasteiger partial charge on any atom is -0.254 e. The second-order valence-electron chi connectivity index (χ2n) is 7.16. The molecule has 0 aromatic carbocycles. The number of hydrogen-bond donors (Lipinski definition) is 1. The smallest absolute Gasteiger partial charge is 0.153 e. The fraction of sp³-hybridized carbons (Fsp3) is 0.812. The first-order valence-electron chi connectivity index (χ1n) is 8.06. The predicted molar refractivity (Wildman–Crippen MR) is 84.4 cm³/mol. The summed E-state index contributed by atoms with van der Waals surface area (Å²) in [6.45, 7) is 12.4. The van der Waals surface area contributed by atoms with E-state index in [0.717, 1.165) is 18.8 Å². The van der Waals surface area contributed by atoms with Gasteiger partial charge in [0.15, 0.2) is 5.82 Å². The van der Waals surface area contributed by atoms with E-state index in [0.29, 0.717) is 5.92 Å². The van der Waals surface area contributed by atoms with Crippen LogP contribution in [0.1, 0.15) is 66.1 Å². The van der Waals surface area contributed by atoms with Crippen LogP contribution in [0.15, 0.2) is 12.7 Å². The van der Waals surface area contributed by atoms with Crippen molar-refractivity contribution in [1.29, 1.82) is 0 Å². The molecule has 1 aliphatic rings. The van der Waals surface area contributed by atoms with Gasteiger partial charge in [-0.1, -0.05) is 20.3 Å². The normalized spacial score (nSPS) is 29.5. The first kappa shape index (κ1) is 16.3. The third kappa shape index (κ3) is 3.40. The Labute approximate surface area is 128 Å². The van der Waals surface area contributed by atoms with Crippen LogP contribution in [0, 0.1) is 5.92 Å². The van der Waals surface area contributed by atoms with E-state index >= 15 is 0 Å². The standard InChI is InChI=1S/C16H29N5/c1-6-7-8-20-21-15(3,4)9-13(2)10-16(21,5)14-18-11-17-12-19-14/h11-13,20H,6-10H2,1-5H3. The summed E-state index contributed by atoms with van der Waals surface area (Å²) in [6, 6.07) is 0. The van der Waals surface area contributed by atoms with Crippen LogP contribution in [0.5, 0.6) is 0 Å². The molecule has 118 valence electrons. The van der Waals surface area contributed by atoms with Crippen LogP contribution in [-0.4, -0.2) is 32.0 Å². The Hall–Kier alpha value is -1.07. The van der Waals surface area contributed by atoms with Crippen molar-refractivity contribution in [2.24, 2.45) is 5.92 Å². The van der Waals surface area contributed by atoms with Gasteiger partial charge in [0.1, 0.15) is 12.7 Å². The number of unbranched alkanes of at least 4 members (excludes halogenated alkanes) is 1. The van der Waals surface area contributed by atoms with Crippen molar-refractivity contribution in [3.63, 3.8) is 0 Å². The molecule has 0 bridgehead atoms. The number of nitrogens with one attached hydrogen (secondary N) is 1. The topological polar surface area (TPSA) is 53.9 Å². The summed E-state index contributed by atoms with van der Waals surface area (Å²) in [5, 5.41) is 2.39. The number of aromatic nitrogens is 3. The zero-order valence-corrected chi connectivity index (χ0v) is 14.1. The summed E-state index contributed by atoms with van der Waals surface area (Å²) in [4.78, 5) is 12.9. The monoisotopic (exact) mass is 291 g/mol. The number of nitrogens with zero attached hydrogens (tertiary/aromatic N) is 4. The number of hydrazine groups is 1. The molecule has 21 heavy (non-hydrogen) atoms. The lowest BCUT2D eigenvalue weighted by atomic mass is 9.74. The van der Waals surface area contributed by atoms with E-state index in [9.17, 15) is 0 Å². The van der Waals surface area contributed by atoms with Crippen LogP contribution < -0.4 is 5.43 Å². The van der Waals surface area contributed by atoms with E-state index in [2.05, 4.69) is 60.0 Å². The van der Waals surface area contributed by atoms with E-state index in [4.69, 9.17) is 0 Å². The van der Waals surface area contributed by atoms with Crippen LogP contribution in [0.3, 0.4) is 0 Å². The van der Waals surface area contributed by atoms with Crippen molar-refractivity contribution >= 4 is 0 Å². The SMILES string of the molecule is CCCCNN1C(C)(C)CC(C)CC1(C)c1ncncn1. The second kappa shape index (κ2) is 6.36. The Bertz CT molecular complexity index is 447. The third-order valence-electron chi connectivity index (χ3n) is 4.47. The van der Waals surface area contributed by atoms with Crippen LogP contribution in [0.25, 0.3) is 0 Å². The molecule has 1 aromatic heterocycles. The highest BCUT2D eigenvalue weighted by molar-refractivity contribution is 5.09. The van der Waals surface area contributed by atoms with Crippen molar-refractivity contribution in [1.82, 2.24) is 25.4 Å². The summed E-state index contributed by atoms with van der Waals surface area (Å²) in [7, 11) is 0. The molecule has 1 saturated heterocycles. The maximum Gasteiger partial charge on any atom is 0.153 e. The van der Waals surface area contributed by atoms with E-state index in [-0.39, 0.29) is 11.1 Å². The minimum absolute atomic E-state index is 0.0762. The fourth-order valence-electron chi connectivity index (χ4n) is 3.92. The molecule has 2 heterocycles. The van der Waals surface area contributed by atoms with Gasteiger partial charge in [-0.05, 0) is 46.0 Å². The molecule has 5 heteroatoms. The predicted octanol–water partition coefficient (Wildman–Crippen LogP) is 2.90. The Morgan fingerprint density at radius 3 is 2.52 bits per heavy atom. The molecule has 1 aromatic rings. The Morgan fingerprint density at radius 1 is 1.24 bits per heavy atom. The summed E-state index contributed by atoms with van der Waals surface area (Å²) in [6.07, 6.45) is 7.80. The van der Waals surface area contributed by atoms with Gasteiger partial charge in [0.05, 0.1) is 5.54 Å². The quantitative estimate of drug-likeness (QED) is 0.845. The van der Waals surface area contributed by atoms with Gasteiger partial charge in [-0.15, -0.1) is 0 Å². The van der Waals surface area contributed by atoms with Crippen molar-refractivity contribution in [2.45, 2.75) is 71.4 Å². The molecule has 0 amide bonds. The zero-order chi connectivity index (χ0) is 15.5. The van der Waals surface area contributed by atoms with Crippen LogP contribution in [0.2, 0.25) is 0 Å². The molecule has 0 spiro atoms. The van der Waals surface area contributed by atoms with Crippen molar-refractivity contribution in [3.05, 3.63) is 18.5 Å². The molecule has 2 rings (SSSR count). The van der Waals surface area contributed by atoms with Gasteiger partial charge in [0.2, 0.25) is 0 Å². The molecule has 0 radical (unpaired) electrons. The number of piperidine rings is 1. The maximum atomic E-state index is 4.45. The van der Waals surface area contributed by atoms with Gasteiger partial charge in [0, 0.05) is 12.1 Å². The van der Waals surface area contributed by atoms with Gasteiger partial charge in [-0.2, -0.15) is 0 Å². The summed E-state index contributed by atoms with van der Waals surface area (Å²) in [5.41, 5.74) is 3.53. The average Bonchev–Trinajstić information content (AvgIpc) is 2.42. The van der Waals surface area contributed by atoms with Crippen LogP contribution >= 0.6 is 0 Å². The molecular formula is C16H29N5. The van der Waals surface area contributed by atoms with Gasteiger partial charge in [-0.3, -0.25) is 5.43 Å². The van der Waals surface area contributed by atoms with Gasteiger partial charge >= 0.3 is 0 Å². The van der Waals surface area contributed by atoms with Crippen LogP contribution in [-0.2, 0) is 5.54 Å². The molecular weight excluding hydrogens is 262 g/mol. The molecule has 1 fully saturated rings. The number of rotatable bonds is 5. The number of hydrogen-bond acceptors (Lipinski definition) is 5. The Kier molecular flexibility index (Phi) is 4.94. The largest absolute Gasteiger partial charge is 0.254 e. The minimum atomic E-state index is -0.197. The molecule has 0 saturated carbocycles. The first-order valence-corrected chi connectivity index (χ1v) is 8.06. The maximum absolute atomic E-state index is 4.45. The summed E-state index contributed by atoms with van der Waals surface area (Å²) >= 11 is 0. The summed E-state index contributed by atoms with van der Waals surface area (Å²) < 4.78 is 0. The Morgan fingerprint density at radius 2 is 1.90 bits per heavy atom. The van der Waals surface area contributed by atoms with Crippen molar-refractivity contribution < 1.29 is 0 Å². The second-order valence-corrected chi connectivity index (χ2v) is 7.16. The fourth-order valence-corrected chi connectivity index (χ4v) is 3.92. The van der Waals surface area contributed by atoms with Crippen LogP contribution in [0.4, 0.5) is 0 Å². The molecule has 2 atom stereocenters. The van der Waals surface area contributed by atoms with Gasteiger partial charge in [0.25, 0.3) is 0 Å². The highest BCUT2D eigenvalue weighted by atomic mass is 15.6. The Balaban J connectivity index is 2.33. The van der Waals surface area contributed by atoms with Crippen molar-refractivity contribution in [2.75, 3.05) is 6.54 Å². The molecule has 1 aliphatic heterocycles. The first-order chi connectivity index (χ1) is 9.90. The lowest BCUT2D eigenvalue weighted by Crippen LogP contribution is -2.65. The highest BCUT2D eigenvalue weighted by Gasteiger charge is 2.49. The third-order valence-corrected chi connectivity index (χ3v) is 4.47.